The van der Waals surface area contributed by atoms with Gasteiger partial charge >= 0.3 is 0 Å². The van der Waals surface area contributed by atoms with Gasteiger partial charge in [0.05, 0.1) is 41.2 Å². The number of piperidine rings is 3. The minimum Gasteiger partial charge on any atom is -0.492 e. The SMILES string of the molecule is CCOc1cc(-c2ccc(N3CCC(CN4CCN(C(=O)CCCCN5CCC(c6ccc7c(c6)CN(C6CCC(=O)NC6=O)C7=O)CC5)CC4)(NC(=O)c4cc(F)ccc4F)CC3)nc2)c2c(C#N)cnn2c1. The lowest BCUT2D eigenvalue weighted by Gasteiger charge is -2.46. The lowest BCUT2D eigenvalue weighted by molar-refractivity contribution is -0.137. The molecular formula is C55H61F2N11O6. The number of likely N-dealkylation sites (tertiary alicyclic amines) is 1. The average molecular weight is 1010 g/mol. The molecule has 3 aromatic heterocycles. The molecule has 2 N–H and O–H groups in total. The van der Waals surface area contributed by atoms with E-state index in [0.29, 0.717) is 113 Å². The molecular weight excluding hydrogens is 949 g/mol. The van der Waals surface area contributed by atoms with Crippen LogP contribution in [0.3, 0.4) is 0 Å². The van der Waals surface area contributed by atoms with Crippen LogP contribution in [0.25, 0.3) is 16.6 Å². The van der Waals surface area contributed by atoms with Gasteiger partial charge in [0.25, 0.3) is 11.8 Å². The highest BCUT2D eigenvalue weighted by Crippen LogP contribution is 2.36. The number of unbranched alkanes of at least 4 members (excludes halogenated alkanes) is 1. The Kier molecular flexibility index (Phi) is 14.7. The van der Waals surface area contributed by atoms with Crippen molar-refractivity contribution in [2.24, 2.45) is 0 Å². The number of nitriles is 1. The lowest BCUT2D eigenvalue weighted by Crippen LogP contribution is -2.62. The number of amides is 5. The van der Waals surface area contributed by atoms with Crippen molar-refractivity contribution in [3.8, 4) is 22.9 Å². The van der Waals surface area contributed by atoms with Gasteiger partial charge in [-0.05, 0) is 131 Å². The summed E-state index contributed by atoms with van der Waals surface area (Å²) in [6.45, 7) is 9.43. The Morgan fingerprint density at radius 3 is 2.42 bits per heavy atom. The maximum Gasteiger partial charge on any atom is 0.255 e. The van der Waals surface area contributed by atoms with Gasteiger partial charge in [-0.15, -0.1) is 0 Å². The lowest BCUT2D eigenvalue weighted by atomic mass is 9.86. The standard InChI is InChI=1S/C55H61F2N11O6/c1-2-74-42-29-44(51-40(30-58)32-60-68(51)34-42)38-7-12-48(59-31-38)65-21-16-55(17-22-65,62-52(71)45-28-41(56)8-10-46(45)57)35-64-23-25-66(26-24-64)50(70)5-3-4-18-63-19-14-36(15-20-63)37-6-9-43-39(27-37)33-67(54(43)73)47-11-13-49(69)61-53(47)72/h6-10,12,27-29,31-32,34,36,47H,2-5,11,13-26,33,35H2,1H3,(H,62,71)(H,61,69,72). The van der Waals surface area contributed by atoms with E-state index in [0.717, 1.165) is 86.0 Å². The summed E-state index contributed by atoms with van der Waals surface area (Å²) in [6.07, 6.45) is 10.8. The van der Waals surface area contributed by atoms with E-state index in [1.54, 1.807) is 21.8 Å². The topological polar surface area (TPSA) is 189 Å². The van der Waals surface area contributed by atoms with Crippen molar-refractivity contribution in [3.05, 3.63) is 113 Å². The predicted molar refractivity (Wildman–Crippen MR) is 270 cm³/mol. The molecule has 4 fully saturated rings. The van der Waals surface area contributed by atoms with Gasteiger partial charge in [0, 0.05) is 88.1 Å². The Morgan fingerprint density at radius 1 is 0.892 bits per heavy atom. The van der Waals surface area contributed by atoms with Crippen molar-refractivity contribution in [2.45, 2.75) is 88.8 Å². The summed E-state index contributed by atoms with van der Waals surface area (Å²) in [5.41, 5.74) is 4.31. The monoisotopic (exact) mass is 1010 g/mol. The summed E-state index contributed by atoms with van der Waals surface area (Å²) in [5.74, 6) is -1.17. The molecule has 1 atom stereocenters. The molecule has 74 heavy (non-hydrogen) atoms. The van der Waals surface area contributed by atoms with E-state index >= 15 is 0 Å². The third-order valence-corrected chi connectivity index (χ3v) is 15.6. The normalized spacial score (nSPS) is 19.6. The number of aromatic nitrogens is 3. The van der Waals surface area contributed by atoms with Gasteiger partial charge in [0.15, 0.2) is 0 Å². The number of anilines is 1. The number of piperazine rings is 1. The molecule has 1 unspecified atom stereocenters. The number of ether oxygens (including phenoxy) is 1. The molecule has 0 bridgehead atoms. The molecule has 19 heteroatoms. The number of carbonyl (C=O) groups is 5. The quantitative estimate of drug-likeness (QED) is 0.0968. The number of pyridine rings is 2. The largest absolute Gasteiger partial charge is 0.492 e. The Balaban J connectivity index is 0.697. The van der Waals surface area contributed by atoms with Crippen molar-refractivity contribution in [1.82, 2.24) is 44.8 Å². The summed E-state index contributed by atoms with van der Waals surface area (Å²) in [4.78, 5) is 79.8. The summed E-state index contributed by atoms with van der Waals surface area (Å²) in [6, 6.07) is 16.3. The number of rotatable bonds is 15. The molecule has 5 aromatic rings. The maximum absolute atomic E-state index is 14.9. The van der Waals surface area contributed by atoms with E-state index in [1.165, 1.54) is 11.8 Å². The van der Waals surface area contributed by atoms with Crippen LogP contribution < -0.4 is 20.3 Å². The molecule has 10 rings (SSSR count). The second-order valence-electron chi connectivity index (χ2n) is 20.3. The second kappa shape index (κ2) is 21.7. The third-order valence-electron chi connectivity index (χ3n) is 15.6. The fraction of sp³-hybridized carbons (Fsp3) is 0.455. The number of hydrogen-bond acceptors (Lipinski definition) is 12. The first-order chi connectivity index (χ1) is 35.9. The van der Waals surface area contributed by atoms with E-state index in [4.69, 9.17) is 9.72 Å². The van der Waals surface area contributed by atoms with Gasteiger partial charge in [-0.25, -0.2) is 18.3 Å². The van der Waals surface area contributed by atoms with E-state index in [9.17, 15) is 38.0 Å². The van der Waals surface area contributed by atoms with Crippen LogP contribution in [0.5, 0.6) is 5.75 Å². The fourth-order valence-corrected chi connectivity index (χ4v) is 11.5. The molecule has 4 saturated heterocycles. The Morgan fingerprint density at radius 2 is 1.69 bits per heavy atom. The Hall–Kier alpha value is -7.30. The number of fused-ring (bicyclic) bond motifs is 2. The summed E-state index contributed by atoms with van der Waals surface area (Å²) < 4.78 is 36.6. The van der Waals surface area contributed by atoms with Crippen LogP contribution in [-0.4, -0.2) is 147 Å². The zero-order valence-electron chi connectivity index (χ0n) is 41.7. The number of halogens is 2. The van der Waals surface area contributed by atoms with Crippen LogP contribution in [0.4, 0.5) is 14.6 Å². The van der Waals surface area contributed by atoms with Crippen molar-refractivity contribution < 1.29 is 37.5 Å². The third kappa shape index (κ3) is 10.7. The van der Waals surface area contributed by atoms with E-state index < -0.39 is 35.0 Å². The molecule has 0 aliphatic carbocycles. The number of carbonyl (C=O) groups excluding carboxylic acids is 5. The second-order valence-corrected chi connectivity index (χ2v) is 20.3. The highest BCUT2D eigenvalue weighted by molar-refractivity contribution is 6.05. The van der Waals surface area contributed by atoms with Gasteiger partial charge in [0.1, 0.15) is 35.3 Å². The van der Waals surface area contributed by atoms with Gasteiger partial charge in [-0.2, -0.15) is 10.4 Å². The van der Waals surface area contributed by atoms with Crippen molar-refractivity contribution in [3.63, 3.8) is 0 Å². The minimum atomic E-state index is -0.797. The first-order valence-electron chi connectivity index (χ1n) is 25.9. The average Bonchev–Trinajstić information content (AvgIpc) is 3.98. The van der Waals surface area contributed by atoms with Crippen molar-refractivity contribution in [2.75, 3.05) is 77.0 Å². The zero-order chi connectivity index (χ0) is 51.5. The van der Waals surface area contributed by atoms with Crippen LogP contribution in [-0.2, 0) is 20.9 Å². The molecule has 0 spiro atoms. The van der Waals surface area contributed by atoms with Crippen LogP contribution in [0.1, 0.15) is 108 Å². The number of benzene rings is 2. The van der Waals surface area contributed by atoms with Crippen LogP contribution in [0, 0.1) is 23.0 Å². The van der Waals surface area contributed by atoms with Crippen LogP contribution in [0.15, 0.2) is 73.2 Å². The molecule has 0 radical (unpaired) electrons. The molecule has 5 amide bonds. The number of imide groups is 1. The molecule has 5 aliphatic heterocycles. The molecule has 5 aliphatic rings. The van der Waals surface area contributed by atoms with Gasteiger partial charge in [0.2, 0.25) is 17.7 Å². The number of nitrogens with zero attached hydrogens (tertiary/aromatic N) is 9. The summed E-state index contributed by atoms with van der Waals surface area (Å²) >= 11 is 0. The van der Waals surface area contributed by atoms with Crippen molar-refractivity contribution in [1.29, 1.82) is 5.26 Å². The Bertz CT molecular complexity index is 2990. The Labute approximate surface area is 428 Å². The summed E-state index contributed by atoms with van der Waals surface area (Å²) in [5, 5.41) is 19.7. The molecule has 386 valence electrons. The molecule has 2 aromatic carbocycles. The van der Waals surface area contributed by atoms with Gasteiger partial charge in [-0.1, -0.05) is 12.1 Å². The molecule has 8 heterocycles. The van der Waals surface area contributed by atoms with E-state index in [2.05, 4.69) is 42.6 Å². The number of nitrogens with one attached hydrogen (secondary N) is 2. The number of hydrogen-bond donors (Lipinski definition) is 2. The van der Waals surface area contributed by atoms with Gasteiger partial charge < -0.3 is 29.7 Å². The van der Waals surface area contributed by atoms with E-state index in [-0.39, 0.29) is 29.7 Å². The first-order valence-corrected chi connectivity index (χ1v) is 25.9. The van der Waals surface area contributed by atoms with Gasteiger partial charge in [-0.3, -0.25) is 34.2 Å². The van der Waals surface area contributed by atoms with Crippen molar-refractivity contribution >= 4 is 40.9 Å². The summed E-state index contributed by atoms with van der Waals surface area (Å²) in [7, 11) is 0. The molecule has 17 nitrogen and oxygen atoms in total. The first kappa shape index (κ1) is 50.2. The van der Waals surface area contributed by atoms with Crippen LogP contribution in [0.2, 0.25) is 0 Å². The maximum atomic E-state index is 14.9. The minimum absolute atomic E-state index is 0.133. The zero-order valence-corrected chi connectivity index (χ0v) is 41.7. The highest BCUT2D eigenvalue weighted by atomic mass is 19.1. The smallest absolute Gasteiger partial charge is 0.255 e. The van der Waals surface area contributed by atoms with Crippen LogP contribution >= 0.6 is 0 Å². The molecule has 0 saturated carbocycles. The fourth-order valence-electron chi connectivity index (χ4n) is 11.5. The highest BCUT2D eigenvalue weighted by Gasteiger charge is 2.41. The van der Waals surface area contributed by atoms with E-state index in [1.807, 2.05) is 42.2 Å². The predicted octanol–water partition coefficient (Wildman–Crippen LogP) is 5.67.